The van der Waals surface area contributed by atoms with E-state index < -0.39 is 0 Å². The molecule has 0 aliphatic heterocycles. The van der Waals surface area contributed by atoms with Gasteiger partial charge in [-0.2, -0.15) is 10.2 Å². The van der Waals surface area contributed by atoms with E-state index in [1.54, 1.807) is 0 Å². The molecule has 5 nitrogen and oxygen atoms in total. The van der Waals surface area contributed by atoms with Gasteiger partial charge in [-0.3, -0.25) is 9.36 Å². The second kappa shape index (κ2) is 5.35. The lowest BCUT2D eigenvalue weighted by molar-refractivity contribution is 0.574. The van der Waals surface area contributed by atoms with Gasteiger partial charge in [0.15, 0.2) is 0 Å². The second-order valence-corrected chi connectivity index (χ2v) is 4.58. The molecule has 1 unspecified atom stereocenters. The van der Waals surface area contributed by atoms with Gasteiger partial charge in [-0.05, 0) is 26.3 Å². The van der Waals surface area contributed by atoms with Gasteiger partial charge in [0.2, 0.25) is 0 Å². The lowest BCUT2D eigenvalue weighted by atomic mass is 10.1. The fraction of sp³-hybridized carbons (Fsp3) is 0.538. The molecule has 0 aromatic carbocycles. The van der Waals surface area contributed by atoms with Crippen LogP contribution >= 0.6 is 0 Å². The first-order chi connectivity index (χ1) is 8.63. The number of aromatic nitrogens is 4. The van der Waals surface area contributed by atoms with Crippen molar-refractivity contribution in [1.29, 1.82) is 0 Å². The zero-order chi connectivity index (χ0) is 13.1. The second-order valence-electron chi connectivity index (χ2n) is 4.58. The van der Waals surface area contributed by atoms with Crippen molar-refractivity contribution in [2.45, 2.75) is 46.3 Å². The maximum atomic E-state index is 5.99. The number of nitrogens with zero attached hydrogens (tertiary/aromatic N) is 4. The molecule has 0 aliphatic rings. The average Bonchev–Trinajstić information content (AvgIpc) is 2.95. The van der Waals surface area contributed by atoms with Gasteiger partial charge in [-0.15, -0.1) is 0 Å². The first-order valence-electron chi connectivity index (χ1n) is 6.45. The monoisotopic (exact) mass is 247 g/mol. The summed E-state index contributed by atoms with van der Waals surface area (Å²) < 4.78 is 3.93. The molecule has 0 amide bonds. The number of aryl methyl sites for hydroxylation is 2. The quantitative estimate of drug-likeness (QED) is 0.877. The Kier molecular flexibility index (Phi) is 3.81. The van der Waals surface area contributed by atoms with Gasteiger partial charge in [0.05, 0.1) is 24.1 Å². The Morgan fingerprint density at radius 3 is 2.83 bits per heavy atom. The molecule has 1 atom stereocenters. The average molecular weight is 247 g/mol. The zero-order valence-corrected chi connectivity index (χ0v) is 11.3. The van der Waals surface area contributed by atoms with E-state index in [1.165, 1.54) is 5.69 Å². The lowest BCUT2D eigenvalue weighted by Gasteiger charge is -2.05. The minimum absolute atomic E-state index is 0.0802. The summed E-state index contributed by atoms with van der Waals surface area (Å²) in [6.45, 7) is 7.81. The van der Waals surface area contributed by atoms with E-state index in [9.17, 15) is 0 Å². The molecule has 18 heavy (non-hydrogen) atoms. The fourth-order valence-electron chi connectivity index (χ4n) is 2.06. The van der Waals surface area contributed by atoms with E-state index in [4.69, 9.17) is 5.73 Å². The molecule has 0 aliphatic carbocycles. The normalized spacial score (nSPS) is 12.9. The van der Waals surface area contributed by atoms with Crippen LogP contribution in [-0.4, -0.2) is 19.6 Å². The minimum Gasteiger partial charge on any atom is -0.324 e. The molecule has 2 rings (SSSR count). The SMILES string of the molecule is CCC(N)c1cnn(Cc2cc(C)nn2CC)c1. The lowest BCUT2D eigenvalue weighted by Crippen LogP contribution is -2.09. The standard InChI is InChI=1S/C13H21N5/c1-4-13(14)11-7-15-17(8-11)9-12-6-10(3)16-18(12)5-2/h6-8,13H,4-5,9,14H2,1-3H3. The summed E-state index contributed by atoms with van der Waals surface area (Å²) in [4.78, 5) is 0. The molecule has 2 N–H and O–H groups in total. The molecule has 0 saturated carbocycles. The molecule has 98 valence electrons. The van der Waals surface area contributed by atoms with Crippen LogP contribution in [0.15, 0.2) is 18.5 Å². The molecule has 5 heteroatoms. The number of hydrogen-bond acceptors (Lipinski definition) is 3. The Morgan fingerprint density at radius 1 is 1.39 bits per heavy atom. The molecule has 0 bridgehead atoms. The number of nitrogens with two attached hydrogens (primary N) is 1. The minimum atomic E-state index is 0.0802. The van der Waals surface area contributed by atoms with Crippen molar-refractivity contribution >= 4 is 0 Å². The van der Waals surface area contributed by atoms with Gasteiger partial charge in [-0.25, -0.2) is 0 Å². The molecule has 2 aromatic heterocycles. The van der Waals surface area contributed by atoms with Crippen molar-refractivity contribution in [2.75, 3.05) is 0 Å². The third-order valence-corrected chi connectivity index (χ3v) is 3.13. The van der Waals surface area contributed by atoms with Crippen molar-refractivity contribution in [2.24, 2.45) is 5.73 Å². The Hall–Kier alpha value is -1.62. The molecule has 0 fully saturated rings. The summed E-state index contributed by atoms with van der Waals surface area (Å²) in [6.07, 6.45) is 4.81. The number of hydrogen-bond donors (Lipinski definition) is 1. The van der Waals surface area contributed by atoms with Gasteiger partial charge in [0, 0.05) is 24.3 Å². The summed E-state index contributed by atoms with van der Waals surface area (Å²) in [5.41, 5.74) is 9.31. The van der Waals surface area contributed by atoms with Crippen LogP contribution in [-0.2, 0) is 13.1 Å². The molecule has 0 saturated heterocycles. The van der Waals surface area contributed by atoms with Crippen LogP contribution in [0.2, 0.25) is 0 Å². The Balaban J connectivity index is 2.15. The highest BCUT2D eigenvalue weighted by molar-refractivity contribution is 5.13. The summed E-state index contributed by atoms with van der Waals surface area (Å²) in [5, 5.41) is 8.79. The summed E-state index contributed by atoms with van der Waals surface area (Å²) in [5.74, 6) is 0. The van der Waals surface area contributed by atoms with E-state index in [1.807, 2.05) is 28.7 Å². The number of rotatable bonds is 5. The van der Waals surface area contributed by atoms with Crippen LogP contribution in [0.5, 0.6) is 0 Å². The van der Waals surface area contributed by atoms with Gasteiger partial charge in [0.25, 0.3) is 0 Å². The highest BCUT2D eigenvalue weighted by Crippen LogP contribution is 2.13. The Labute approximate surface area is 108 Å². The summed E-state index contributed by atoms with van der Waals surface area (Å²) in [6, 6.07) is 2.18. The van der Waals surface area contributed by atoms with Gasteiger partial charge in [0.1, 0.15) is 0 Å². The van der Waals surface area contributed by atoms with Crippen molar-refractivity contribution < 1.29 is 0 Å². The highest BCUT2D eigenvalue weighted by atomic mass is 15.3. The fourth-order valence-corrected chi connectivity index (χ4v) is 2.06. The molecule has 0 radical (unpaired) electrons. The maximum Gasteiger partial charge on any atom is 0.0828 e. The highest BCUT2D eigenvalue weighted by Gasteiger charge is 2.09. The van der Waals surface area contributed by atoms with Crippen molar-refractivity contribution in [3.8, 4) is 0 Å². The van der Waals surface area contributed by atoms with Crippen molar-refractivity contribution in [1.82, 2.24) is 19.6 Å². The van der Waals surface area contributed by atoms with Crippen LogP contribution in [0.25, 0.3) is 0 Å². The predicted octanol–water partition coefficient (Wildman–Crippen LogP) is 1.87. The summed E-state index contributed by atoms with van der Waals surface area (Å²) in [7, 11) is 0. The van der Waals surface area contributed by atoms with Crippen LogP contribution < -0.4 is 5.73 Å². The first-order valence-corrected chi connectivity index (χ1v) is 6.45. The maximum absolute atomic E-state index is 5.99. The topological polar surface area (TPSA) is 61.7 Å². The first kappa shape index (κ1) is 12.8. The van der Waals surface area contributed by atoms with Crippen LogP contribution in [0.4, 0.5) is 0 Å². The van der Waals surface area contributed by atoms with E-state index in [-0.39, 0.29) is 6.04 Å². The smallest absolute Gasteiger partial charge is 0.0828 e. The zero-order valence-electron chi connectivity index (χ0n) is 11.3. The Bertz CT molecular complexity index is 511. The third-order valence-electron chi connectivity index (χ3n) is 3.13. The van der Waals surface area contributed by atoms with Crippen LogP contribution in [0, 0.1) is 6.92 Å². The van der Waals surface area contributed by atoms with E-state index in [0.717, 1.165) is 30.8 Å². The molecule has 2 aromatic rings. The molecule has 2 heterocycles. The van der Waals surface area contributed by atoms with Gasteiger partial charge < -0.3 is 5.73 Å². The summed E-state index contributed by atoms with van der Waals surface area (Å²) >= 11 is 0. The van der Waals surface area contributed by atoms with Crippen LogP contribution in [0.1, 0.15) is 43.3 Å². The van der Waals surface area contributed by atoms with Crippen molar-refractivity contribution in [3.63, 3.8) is 0 Å². The van der Waals surface area contributed by atoms with Crippen LogP contribution in [0.3, 0.4) is 0 Å². The molecular weight excluding hydrogens is 226 g/mol. The van der Waals surface area contributed by atoms with E-state index in [2.05, 4.69) is 30.1 Å². The third kappa shape index (κ3) is 2.61. The Morgan fingerprint density at radius 2 is 2.17 bits per heavy atom. The van der Waals surface area contributed by atoms with Crippen molar-refractivity contribution in [3.05, 3.63) is 35.4 Å². The molecular formula is C13H21N5. The van der Waals surface area contributed by atoms with E-state index >= 15 is 0 Å². The molecule has 0 spiro atoms. The van der Waals surface area contributed by atoms with E-state index in [0.29, 0.717) is 0 Å². The van der Waals surface area contributed by atoms with Gasteiger partial charge >= 0.3 is 0 Å². The van der Waals surface area contributed by atoms with Gasteiger partial charge in [-0.1, -0.05) is 6.92 Å². The predicted molar refractivity (Wildman–Crippen MR) is 71.2 cm³/mol. The largest absolute Gasteiger partial charge is 0.324 e.